The van der Waals surface area contributed by atoms with Crippen molar-refractivity contribution >= 4 is 18.0 Å². The Bertz CT molecular complexity index is 666. The van der Waals surface area contributed by atoms with Gasteiger partial charge in [-0.25, -0.2) is 4.79 Å². The van der Waals surface area contributed by atoms with E-state index in [9.17, 15) is 9.59 Å². The highest BCUT2D eigenvalue weighted by molar-refractivity contribution is 5.94. The van der Waals surface area contributed by atoms with E-state index < -0.39 is 11.9 Å². The number of aromatic nitrogens is 1. The van der Waals surface area contributed by atoms with E-state index in [1.807, 2.05) is 6.07 Å². The van der Waals surface area contributed by atoms with Crippen LogP contribution in [-0.4, -0.2) is 16.9 Å². The zero-order valence-corrected chi connectivity index (χ0v) is 11.2. The summed E-state index contributed by atoms with van der Waals surface area (Å²) in [5.41, 5.74) is 7.09. The van der Waals surface area contributed by atoms with Crippen LogP contribution in [0.1, 0.15) is 21.5 Å². The summed E-state index contributed by atoms with van der Waals surface area (Å²) in [6.45, 7) is 0.165. The fourth-order valence-corrected chi connectivity index (χ4v) is 1.65. The highest BCUT2D eigenvalue weighted by atomic mass is 16.5. The molecule has 1 aromatic heterocycles. The van der Waals surface area contributed by atoms with Gasteiger partial charge in [0.2, 0.25) is 5.91 Å². The fraction of sp³-hybridized carbons (Fsp3) is 0.0625. The molecule has 0 aliphatic carbocycles. The maximum Gasteiger partial charge on any atom is 0.331 e. The van der Waals surface area contributed by atoms with Gasteiger partial charge in [-0.05, 0) is 29.8 Å². The maximum absolute atomic E-state index is 11.6. The van der Waals surface area contributed by atoms with Crippen molar-refractivity contribution in [1.29, 1.82) is 0 Å². The highest BCUT2D eigenvalue weighted by Crippen LogP contribution is 2.07. The lowest BCUT2D eigenvalue weighted by atomic mass is 10.1. The number of pyridine rings is 1. The minimum Gasteiger partial charge on any atom is -0.458 e. The molecular weight excluding hydrogens is 268 g/mol. The molecule has 0 saturated carbocycles. The van der Waals surface area contributed by atoms with Gasteiger partial charge in [-0.1, -0.05) is 18.2 Å². The van der Waals surface area contributed by atoms with Crippen molar-refractivity contribution in [2.45, 2.75) is 6.61 Å². The number of hydrogen-bond acceptors (Lipinski definition) is 4. The molecule has 0 radical (unpaired) electrons. The molecule has 0 aliphatic rings. The lowest BCUT2D eigenvalue weighted by Crippen LogP contribution is -2.10. The standard InChI is InChI=1S/C16H14N2O3/c17-16(20)14-5-1-3-12(9-14)6-7-15(19)21-11-13-4-2-8-18-10-13/h1-10H,11H2,(H2,17,20). The molecule has 0 bridgehead atoms. The first-order valence-electron chi connectivity index (χ1n) is 6.29. The number of carbonyl (C=O) groups is 2. The molecule has 106 valence electrons. The smallest absolute Gasteiger partial charge is 0.331 e. The van der Waals surface area contributed by atoms with Crippen LogP contribution in [0.15, 0.2) is 54.9 Å². The third-order valence-electron chi connectivity index (χ3n) is 2.69. The van der Waals surface area contributed by atoms with Gasteiger partial charge in [0.05, 0.1) is 0 Å². The minimum absolute atomic E-state index is 0.165. The molecule has 1 amide bonds. The normalized spacial score (nSPS) is 10.5. The first-order chi connectivity index (χ1) is 10.1. The van der Waals surface area contributed by atoms with E-state index >= 15 is 0 Å². The van der Waals surface area contributed by atoms with Gasteiger partial charge in [0.15, 0.2) is 0 Å². The molecule has 0 fully saturated rings. The van der Waals surface area contributed by atoms with Crippen LogP contribution in [0.2, 0.25) is 0 Å². The Morgan fingerprint density at radius 1 is 1.24 bits per heavy atom. The van der Waals surface area contributed by atoms with Gasteiger partial charge in [-0.3, -0.25) is 9.78 Å². The van der Waals surface area contributed by atoms with Gasteiger partial charge in [0.1, 0.15) is 6.61 Å². The molecule has 2 rings (SSSR count). The van der Waals surface area contributed by atoms with Crippen LogP contribution in [0.3, 0.4) is 0 Å². The van der Waals surface area contributed by atoms with Gasteiger partial charge >= 0.3 is 5.97 Å². The van der Waals surface area contributed by atoms with E-state index in [0.717, 1.165) is 5.56 Å². The number of ether oxygens (including phenoxy) is 1. The molecule has 0 spiro atoms. The Morgan fingerprint density at radius 2 is 2.10 bits per heavy atom. The van der Waals surface area contributed by atoms with E-state index in [-0.39, 0.29) is 6.61 Å². The van der Waals surface area contributed by atoms with Crippen LogP contribution < -0.4 is 5.73 Å². The van der Waals surface area contributed by atoms with E-state index in [2.05, 4.69) is 4.98 Å². The zero-order chi connectivity index (χ0) is 15.1. The van der Waals surface area contributed by atoms with Crippen molar-refractivity contribution < 1.29 is 14.3 Å². The van der Waals surface area contributed by atoms with Crippen LogP contribution in [-0.2, 0) is 16.1 Å². The molecule has 0 aliphatic heterocycles. The predicted molar refractivity (Wildman–Crippen MR) is 78.0 cm³/mol. The molecule has 1 heterocycles. The van der Waals surface area contributed by atoms with Gasteiger partial charge in [-0.15, -0.1) is 0 Å². The van der Waals surface area contributed by atoms with Crippen molar-refractivity contribution in [3.8, 4) is 0 Å². The quantitative estimate of drug-likeness (QED) is 0.671. The number of nitrogens with two attached hydrogens (primary N) is 1. The second kappa shape index (κ2) is 7.00. The maximum atomic E-state index is 11.6. The number of hydrogen-bond donors (Lipinski definition) is 1. The molecule has 1 aromatic carbocycles. The predicted octanol–water partition coefficient (Wildman–Crippen LogP) is 1.94. The molecule has 5 heteroatoms. The number of primary amides is 1. The molecular formula is C16H14N2O3. The molecule has 21 heavy (non-hydrogen) atoms. The van der Waals surface area contributed by atoms with Crippen LogP contribution in [0, 0.1) is 0 Å². The number of amides is 1. The van der Waals surface area contributed by atoms with Crippen molar-refractivity contribution in [3.63, 3.8) is 0 Å². The summed E-state index contributed by atoms with van der Waals surface area (Å²) in [5, 5.41) is 0. The Balaban J connectivity index is 1.93. The summed E-state index contributed by atoms with van der Waals surface area (Å²) in [7, 11) is 0. The van der Waals surface area contributed by atoms with Crippen molar-refractivity contribution in [3.05, 3.63) is 71.6 Å². The van der Waals surface area contributed by atoms with Crippen molar-refractivity contribution in [2.75, 3.05) is 0 Å². The van der Waals surface area contributed by atoms with E-state index in [0.29, 0.717) is 11.1 Å². The highest BCUT2D eigenvalue weighted by Gasteiger charge is 2.01. The van der Waals surface area contributed by atoms with Crippen LogP contribution >= 0.6 is 0 Å². The Labute approximate surface area is 122 Å². The second-order valence-corrected chi connectivity index (χ2v) is 4.29. The Hall–Kier alpha value is -2.95. The largest absolute Gasteiger partial charge is 0.458 e. The Kier molecular flexibility index (Phi) is 4.82. The summed E-state index contributed by atoms with van der Waals surface area (Å²) in [6.07, 6.45) is 6.15. The summed E-state index contributed by atoms with van der Waals surface area (Å²) in [4.78, 5) is 26.6. The molecule has 2 N–H and O–H groups in total. The third-order valence-corrected chi connectivity index (χ3v) is 2.69. The molecule has 2 aromatic rings. The van der Waals surface area contributed by atoms with E-state index in [1.54, 1.807) is 48.8 Å². The number of carbonyl (C=O) groups excluding carboxylic acids is 2. The Morgan fingerprint density at radius 3 is 2.81 bits per heavy atom. The van der Waals surface area contributed by atoms with Gasteiger partial charge in [-0.2, -0.15) is 0 Å². The second-order valence-electron chi connectivity index (χ2n) is 4.29. The number of rotatable bonds is 5. The fourth-order valence-electron chi connectivity index (χ4n) is 1.65. The minimum atomic E-state index is -0.510. The molecule has 0 saturated heterocycles. The third kappa shape index (κ3) is 4.58. The molecule has 0 atom stereocenters. The average Bonchev–Trinajstić information content (AvgIpc) is 2.52. The summed E-state index contributed by atoms with van der Waals surface area (Å²) in [6, 6.07) is 10.3. The number of benzene rings is 1. The average molecular weight is 282 g/mol. The van der Waals surface area contributed by atoms with E-state index in [1.165, 1.54) is 6.08 Å². The van der Waals surface area contributed by atoms with Crippen LogP contribution in [0.5, 0.6) is 0 Å². The zero-order valence-electron chi connectivity index (χ0n) is 11.2. The summed E-state index contributed by atoms with van der Waals surface area (Å²) < 4.78 is 5.07. The molecule has 5 nitrogen and oxygen atoms in total. The first kappa shape index (κ1) is 14.5. The summed E-state index contributed by atoms with van der Waals surface area (Å²) >= 11 is 0. The van der Waals surface area contributed by atoms with Gasteiger partial charge in [0.25, 0.3) is 0 Å². The molecule has 0 unspecified atom stereocenters. The van der Waals surface area contributed by atoms with Crippen LogP contribution in [0.25, 0.3) is 6.08 Å². The monoisotopic (exact) mass is 282 g/mol. The van der Waals surface area contributed by atoms with Crippen LogP contribution in [0.4, 0.5) is 0 Å². The lowest BCUT2D eigenvalue weighted by Gasteiger charge is -2.01. The SMILES string of the molecule is NC(=O)c1cccc(C=CC(=O)OCc2cccnc2)c1. The van der Waals surface area contributed by atoms with Gasteiger partial charge in [0, 0.05) is 29.6 Å². The first-order valence-corrected chi connectivity index (χ1v) is 6.29. The number of esters is 1. The van der Waals surface area contributed by atoms with Crippen molar-refractivity contribution in [2.24, 2.45) is 5.73 Å². The lowest BCUT2D eigenvalue weighted by molar-refractivity contribution is -0.138. The van der Waals surface area contributed by atoms with Gasteiger partial charge < -0.3 is 10.5 Å². The van der Waals surface area contributed by atoms with E-state index in [4.69, 9.17) is 10.5 Å². The number of nitrogens with zero attached hydrogens (tertiary/aromatic N) is 1. The summed E-state index contributed by atoms with van der Waals surface area (Å²) in [5.74, 6) is -0.979. The van der Waals surface area contributed by atoms with Crippen molar-refractivity contribution in [1.82, 2.24) is 4.98 Å². The topological polar surface area (TPSA) is 82.3 Å².